The zero-order valence-electron chi connectivity index (χ0n) is 16.0. The summed E-state index contributed by atoms with van der Waals surface area (Å²) in [6.45, 7) is 3.98. The molecule has 8 heteroatoms. The van der Waals surface area contributed by atoms with Crippen LogP contribution in [0.4, 0.5) is 5.69 Å². The van der Waals surface area contributed by atoms with Crippen molar-refractivity contribution in [1.29, 1.82) is 0 Å². The second kappa shape index (κ2) is 9.84. The van der Waals surface area contributed by atoms with Crippen LogP contribution >= 0.6 is 27.7 Å². The van der Waals surface area contributed by atoms with Crippen LogP contribution in [0.5, 0.6) is 0 Å². The largest absolute Gasteiger partial charge is 0.411 e. The fraction of sp³-hybridized carbons (Fsp3) is 0.238. The summed E-state index contributed by atoms with van der Waals surface area (Å²) in [5.74, 6) is 0.772. The van der Waals surface area contributed by atoms with Crippen molar-refractivity contribution in [1.82, 2.24) is 10.2 Å². The molecule has 150 valence electrons. The molecule has 1 N–H and O–H groups in total. The normalized spacial score (nSPS) is 10.9. The summed E-state index contributed by atoms with van der Waals surface area (Å²) >= 11 is 4.64. The molecule has 0 spiro atoms. The smallest absolute Gasteiger partial charge is 0.277 e. The minimum atomic E-state index is -0.0595. The average molecular weight is 474 g/mol. The summed E-state index contributed by atoms with van der Waals surface area (Å²) in [4.78, 5) is 24.2. The zero-order valence-corrected chi connectivity index (χ0v) is 18.4. The van der Waals surface area contributed by atoms with Crippen molar-refractivity contribution in [2.75, 3.05) is 11.1 Å². The highest BCUT2D eigenvalue weighted by Gasteiger charge is 2.14. The van der Waals surface area contributed by atoms with Crippen LogP contribution in [0.25, 0.3) is 11.5 Å². The Kier molecular flexibility index (Phi) is 7.22. The van der Waals surface area contributed by atoms with Crippen LogP contribution in [0.15, 0.2) is 62.6 Å². The van der Waals surface area contributed by atoms with Gasteiger partial charge in [0.05, 0.1) is 11.3 Å². The van der Waals surface area contributed by atoms with E-state index in [1.807, 2.05) is 38.1 Å². The number of halogens is 1. The average Bonchev–Trinajstić information content (AvgIpc) is 3.15. The highest BCUT2D eigenvalue weighted by Crippen LogP contribution is 2.29. The molecule has 1 heterocycles. The number of hydrogen-bond donors (Lipinski definition) is 1. The first-order valence-corrected chi connectivity index (χ1v) is 10.8. The van der Waals surface area contributed by atoms with E-state index in [-0.39, 0.29) is 17.4 Å². The molecule has 0 saturated carbocycles. The molecule has 0 unspecified atom stereocenters. The Morgan fingerprint density at radius 1 is 1.10 bits per heavy atom. The van der Waals surface area contributed by atoms with E-state index in [1.165, 1.54) is 11.8 Å². The van der Waals surface area contributed by atoms with Gasteiger partial charge in [-0.05, 0) is 58.2 Å². The van der Waals surface area contributed by atoms with E-state index in [1.54, 1.807) is 24.3 Å². The zero-order chi connectivity index (χ0) is 20.8. The predicted octanol–water partition coefficient (Wildman–Crippen LogP) is 5.46. The number of nitrogens with zero attached hydrogens (tertiary/aromatic N) is 2. The molecular formula is C21H20BrN3O3S. The summed E-state index contributed by atoms with van der Waals surface area (Å²) in [5.41, 5.74) is 2.04. The van der Waals surface area contributed by atoms with E-state index in [9.17, 15) is 9.59 Å². The molecule has 0 atom stereocenters. The number of rotatable bonds is 8. The minimum Gasteiger partial charge on any atom is -0.411 e. The lowest BCUT2D eigenvalue weighted by Crippen LogP contribution is -2.14. The molecule has 0 aliphatic heterocycles. The van der Waals surface area contributed by atoms with Gasteiger partial charge in [-0.3, -0.25) is 9.59 Å². The van der Waals surface area contributed by atoms with Gasteiger partial charge in [-0.1, -0.05) is 37.7 Å². The quantitative estimate of drug-likeness (QED) is 0.345. The molecule has 29 heavy (non-hydrogen) atoms. The fourth-order valence-electron chi connectivity index (χ4n) is 2.54. The molecule has 2 aromatic carbocycles. The first-order valence-electron chi connectivity index (χ1n) is 9.06. The van der Waals surface area contributed by atoms with Gasteiger partial charge in [0, 0.05) is 22.1 Å². The molecule has 1 amide bonds. The van der Waals surface area contributed by atoms with Crippen LogP contribution in [0.3, 0.4) is 0 Å². The Hall–Kier alpha value is -2.45. The fourth-order valence-corrected chi connectivity index (χ4v) is 3.66. The molecule has 3 rings (SSSR count). The first kappa shape index (κ1) is 21.3. The molecule has 0 aliphatic carbocycles. The summed E-state index contributed by atoms with van der Waals surface area (Å²) < 4.78 is 6.50. The van der Waals surface area contributed by atoms with Crippen molar-refractivity contribution in [3.8, 4) is 11.5 Å². The van der Waals surface area contributed by atoms with E-state index >= 15 is 0 Å². The van der Waals surface area contributed by atoms with Gasteiger partial charge in [0.25, 0.3) is 5.22 Å². The van der Waals surface area contributed by atoms with Gasteiger partial charge in [-0.15, -0.1) is 10.2 Å². The standard InChI is InChI=1S/C21H20BrN3O3S/c1-13(2)11-19(27)23-15-9-7-14(8-10-15)18(26)12-29-21-25-24-20(28-21)16-5-3-4-6-17(16)22/h3-10,13H,11-12H2,1-2H3,(H,23,27). The highest BCUT2D eigenvalue weighted by molar-refractivity contribution is 9.10. The molecule has 0 fully saturated rings. The molecule has 0 aliphatic rings. The molecule has 1 aromatic heterocycles. The van der Waals surface area contributed by atoms with Crippen molar-refractivity contribution in [3.05, 3.63) is 58.6 Å². The van der Waals surface area contributed by atoms with Gasteiger partial charge in [-0.2, -0.15) is 0 Å². The Morgan fingerprint density at radius 2 is 1.83 bits per heavy atom. The highest BCUT2D eigenvalue weighted by atomic mass is 79.9. The first-order chi connectivity index (χ1) is 13.9. The number of anilines is 1. The van der Waals surface area contributed by atoms with Gasteiger partial charge in [0.1, 0.15) is 0 Å². The van der Waals surface area contributed by atoms with Gasteiger partial charge in [-0.25, -0.2) is 0 Å². The van der Waals surface area contributed by atoms with Crippen LogP contribution in [-0.2, 0) is 4.79 Å². The third kappa shape index (κ3) is 6.01. The second-order valence-corrected chi connectivity index (χ2v) is 8.57. The number of carbonyl (C=O) groups excluding carboxylic acids is 2. The number of thioether (sulfide) groups is 1. The maximum atomic E-state index is 12.4. The third-order valence-electron chi connectivity index (χ3n) is 3.92. The van der Waals surface area contributed by atoms with Gasteiger partial charge in [0.15, 0.2) is 5.78 Å². The Morgan fingerprint density at radius 3 is 2.52 bits per heavy atom. The molecular weight excluding hydrogens is 454 g/mol. The summed E-state index contributed by atoms with van der Waals surface area (Å²) in [6.07, 6.45) is 0.461. The molecule has 6 nitrogen and oxygen atoms in total. The number of ketones is 1. The van der Waals surface area contributed by atoms with Gasteiger partial charge < -0.3 is 9.73 Å². The van der Waals surface area contributed by atoms with E-state index < -0.39 is 0 Å². The van der Waals surface area contributed by atoms with Crippen molar-refractivity contribution >= 4 is 45.1 Å². The van der Waals surface area contributed by atoms with Crippen molar-refractivity contribution < 1.29 is 14.0 Å². The van der Waals surface area contributed by atoms with Crippen LogP contribution in [0, 0.1) is 5.92 Å². The van der Waals surface area contributed by atoms with Crippen LogP contribution in [0.1, 0.15) is 30.6 Å². The van der Waals surface area contributed by atoms with E-state index in [0.717, 1.165) is 10.0 Å². The maximum Gasteiger partial charge on any atom is 0.277 e. The number of carbonyl (C=O) groups is 2. The summed E-state index contributed by atoms with van der Waals surface area (Å²) in [5, 5.41) is 11.2. The number of Topliss-reactive ketones (excluding diaryl/α,β-unsaturated/α-hetero) is 1. The minimum absolute atomic E-state index is 0.0353. The number of amides is 1. The van der Waals surface area contributed by atoms with E-state index in [2.05, 4.69) is 31.4 Å². The Bertz CT molecular complexity index is 1000. The van der Waals surface area contributed by atoms with E-state index in [0.29, 0.717) is 34.7 Å². The van der Waals surface area contributed by atoms with Gasteiger partial charge in [0.2, 0.25) is 11.8 Å². The summed E-state index contributed by atoms with van der Waals surface area (Å²) in [7, 11) is 0. The summed E-state index contributed by atoms with van der Waals surface area (Å²) in [6, 6.07) is 14.4. The predicted molar refractivity (Wildman–Crippen MR) is 117 cm³/mol. The molecule has 0 bridgehead atoms. The van der Waals surface area contributed by atoms with Gasteiger partial charge >= 0.3 is 0 Å². The Labute approximate surface area is 181 Å². The Balaban J connectivity index is 1.56. The van der Waals surface area contributed by atoms with Crippen LogP contribution < -0.4 is 5.32 Å². The van der Waals surface area contributed by atoms with Crippen molar-refractivity contribution in [2.24, 2.45) is 5.92 Å². The topological polar surface area (TPSA) is 85.1 Å². The lowest BCUT2D eigenvalue weighted by Gasteiger charge is -2.07. The number of nitrogens with one attached hydrogen (secondary N) is 1. The lowest BCUT2D eigenvalue weighted by molar-refractivity contribution is -0.116. The van der Waals surface area contributed by atoms with Crippen molar-refractivity contribution in [3.63, 3.8) is 0 Å². The number of benzene rings is 2. The molecule has 0 saturated heterocycles. The monoisotopic (exact) mass is 473 g/mol. The van der Waals surface area contributed by atoms with E-state index in [4.69, 9.17) is 4.42 Å². The molecule has 3 aromatic rings. The SMILES string of the molecule is CC(C)CC(=O)Nc1ccc(C(=O)CSc2nnc(-c3ccccc3Br)o2)cc1. The van der Waals surface area contributed by atoms with Crippen LogP contribution in [-0.4, -0.2) is 27.6 Å². The van der Waals surface area contributed by atoms with Crippen LogP contribution in [0.2, 0.25) is 0 Å². The van der Waals surface area contributed by atoms with Crippen molar-refractivity contribution in [2.45, 2.75) is 25.5 Å². The third-order valence-corrected chi connectivity index (χ3v) is 5.43. The number of aromatic nitrogens is 2. The lowest BCUT2D eigenvalue weighted by atomic mass is 10.1. The maximum absolute atomic E-state index is 12.4. The molecule has 0 radical (unpaired) electrons. The number of hydrogen-bond acceptors (Lipinski definition) is 6. The second-order valence-electron chi connectivity index (χ2n) is 6.79.